The summed E-state index contributed by atoms with van der Waals surface area (Å²) < 4.78 is 0. The van der Waals surface area contributed by atoms with Gasteiger partial charge in [-0.1, -0.05) is 23.7 Å². The number of nitrogens with zero attached hydrogens (tertiary/aromatic N) is 1. The summed E-state index contributed by atoms with van der Waals surface area (Å²) in [4.78, 5) is 27.1. The first-order valence-electron chi connectivity index (χ1n) is 6.53. The Hall–Kier alpha value is -1.92. The van der Waals surface area contributed by atoms with E-state index >= 15 is 0 Å². The summed E-state index contributed by atoms with van der Waals surface area (Å²) in [6.45, 7) is 3.80. The molecule has 7 heteroatoms. The lowest BCUT2D eigenvalue weighted by Gasteiger charge is -2.24. The second-order valence-electron chi connectivity index (χ2n) is 5.25. The third-order valence-corrected chi connectivity index (χ3v) is 4.37. The van der Waals surface area contributed by atoms with E-state index < -0.39 is 11.4 Å². The zero-order valence-electron chi connectivity index (χ0n) is 12.1. The fraction of sp³-hybridized carbons (Fsp3) is 0.267. The van der Waals surface area contributed by atoms with Crippen molar-refractivity contribution in [3.63, 3.8) is 0 Å². The van der Waals surface area contributed by atoms with E-state index in [2.05, 4.69) is 10.3 Å². The van der Waals surface area contributed by atoms with Crippen LogP contribution in [0.1, 0.15) is 34.9 Å². The monoisotopic (exact) mass is 338 g/mol. The third kappa shape index (κ3) is 3.64. The van der Waals surface area contributed by atoms with Gasteiger partial charge in [0.05, 0.1) is 12.0 Å². The fourth-order valence-corrected chi connectivity index (χ4v) is 2.77. The highest BCUT2D eigenvalue weighted by Gasteiger charge is 2.29. The molecule has 5 nitrogen and oxygen atoms in total. The minimum absolute atomic E-state index is 0.0108. The molecule has 22 heavy (non-hydrogen) atoms. The van der Waals surface area contributed by atoms with Crippen LogP contribution in [-0.4, -0.2) is 22.0 Å². The smallest absolute Gasteiger partial charge is 0.355 e. The largest absolute Gasteiger partial charge is 0.476 e. The third-order valence-electron chi connectivity index (χ3n) is 3.28. The van der Waals surface area contributed by atoms with E-state index in [-0.39, 0.29) is 18.1 Å². The number of thiazole rings is 1. The van der Waals surface area contributed by atoms with Crippen molar-refractivity contribution in [1.29, 1.82) is 0 Å². The van der Waals surface area contributed by atoms with Crippen molar-refractivity contribution in [3.05, 3.63) is 50.9 Å². The van der Waals surface area contributed by atoms with Gasteiger partial charge in [-0.05, 0) is 31.5 Å². The molecule has 116 valence electrons. The first-order chi connectivity index (χ1) is 10.3. The van der Waals surface area contributed by atoms with Gasteiger partial charge in [-0.3, -0.25) is 4.79 Å². The molecule has 0 bridgehead atoms. The maximum atomic E-state index is 12.4. The number of rotatable bonds is 5. The molecule has 0 atom stereocenters. The Bertz CT molecular complexity index is 712. The van der Waals surface area contributed by atoms with Gasteiger partial charge in [-0.15, -0.1) is 11.3 Å². The fourth-order valence-electron chi connectivity index (χ4n) is 1.88. The van der Waals surface area contributed by atoms with E-state index in [0.29, 0.717) is 10.0 Å². The Morgan fingerprint density at radius 2 is 2.14 bits per heavy atom. The van der Waals surface area contributed by atoms with Gasteiger partial charge in [0.25, 0.3) is 0 Å². The second-order valence-corrected chi connectivity index (χ2v) is 6.63. The SMILES string of the molecule is CC(C)(C(=O)NCc1nc(C(=O)O)cs1)c1cccc(Cl)c1. The van der Waals surface area contributed by atoms with Gasteiger partial charge < -0.3 is 10.4 Å². The molecule has 0 saturated carbocycles. The lowest BCUT2D eigenvalue weighted by Crippen LogP contribution is -2.39. The molecule has 0 unspecified atom stereocenters. The normalized spacial score (nSPS) is 11.2. The quantitative estimate of drug-likeness (QED) is 0.878. The second kappa shape index (κ2) is 6.46. The maximum absolute atomic E-state index is 12.4. The van der Waals surface area contributed by atoms with Gasteiger partial charge in [0, 0.05) is 10.4 Å². The molecule has 1 amide bonds. The van der Waals surface area contributed by atoms with Crippen molar-refractivity contribution in [3.8, 4) is 0 Å². The minimum atomic E-state index is -1.08. The van der Waals surface area contributed by atoms with E-state index in [1.54, 1.807) is 32.0 Å². The molecule has 1 heterocycles. The Balaban J connectivity index is 2.05. The zero-order valence-corrected chi connectivity index (χ0v) is 13.7. The molecule has 0 spiro atoms. The molecule has 2 N–H and O–H groups in total. The summed E-state index contributed by atoms with van der Waals surface area (Å²) in [6, 6.07) is 7.15. The first-order valence-corrected chi connectivity index (χ1v) is 7.78. The molecular weight excluding hydrogens is 324 g/mol. The molecule has 0 saturated heterocycles. The van der Waals surface area contributed by atoms with Crippen molar-refractivity contribution < 1.29 is 14.7 Å². The van der Waals surface area contributed by atoms with Gasteiger partial charge >= 0.3 is 5.97 Å². The number of benzene rings is 1. The van der Waals surface area contributed by atoms with Gasteiger partial charge in [-0.2, -0.15) is 0 Å². The molecule has 0 fully saturated rings. The highest BCUT2D eigenvalue weighted by molar-refractivity contribution is 7.09. The van der Waals surface area contributed by atoms with Crippen molar-refractivity contribution >= 4 is 34.8 Å². The van der Waals surface area contributed by atoms with Crippen LogP contribution < -0.4 is 5.32 Å². The summed E-state index contributed by atoms with van der Waals surface area (Å²) in [7, 11) is 0. The van der Waals surface area contributed by atoms with Crippen LogP contribution in [0.5, 0.6) is 0 Å². The predicted molar refractivity (Wildman–Crippen MR) is 85.4 cm³/mol. The molecule has 1 aromatic carbocycles. The zero-order chi connectivity index (χ0) is 16.3. The topological polar surface area (TPSA) is 79.3 Å². The number of carboxylic acid groups (broad SMARTS) is 1. The van der Waals surface area contributed by atoms with Crippen LogP contribution in [0.3, 0.4) is 0 Å². The molecule has 2 rings (SSSR count). The van der Waals surface area contributed by atoms with Gasteiger partial charge in [0.2, 0.25) is 5.91 Å². The lowest BCUT2D eigenvalue weighted by atomic mass is 9.84. The number of amides is 1. The number of carbonyl (C=O) groups excluding carboxylic acids is 1. The number of aromatic nitrogens is 1. The number of halogens is 1. The average molecular weight is 339 g/mol. The Kier molecular flexibility index (Phi) is 4.83. The molecule has 1 aromatic heterocycles. The van der Waals surface area contributed by atoms with Crippen LogP contribution in [0.15, 0.2) is 29.6 Å². The van der Waals surface area contributed by atoms with E-state index in [4.69, 9.17) is 16.7 Å². The number of carbonyl (C=O) groups is 2. The van der Waals surface area contributed by atoms with Crippen molar-refractivity contribution in [1.82, 2.24) is 10.3 Å². The summed E-state index contributed by atoms with van der Waals surface area (Å²) >= 11 is 7.17. The van der Waals surface area contributed by atoms with Crippen LogP contribution in [-0.2, 0) is 16.8 Å². The molecule has 0 aliphatic heterocycles. The average Bonchev–Trinajstić information content (AvgIpc) is 2.93. The number of carboxylic acids is 1. The van der Waals surface area contributed by atoms with Crippen molar-refractivity contribution in [2.45, 2.75) is 25.8 Å². The van der Waals surface area contributed by atoms with E-state index in [9.17, 15) is 9.59 Å². The number of hydrogen-bond donors (Lipinski definition) is 2. The van der Waals surface area contributed by atoms with Crippen LogP contribution >= 0.6 is 22.9 Å². The molecule has 0 radical (unpaired) electrons. The Labute approximate surface area is 137 Å². The summed E-state index contributed by atoms with van der Waals surface area (Å²) in [6.07, 6.45) is 0. The molecule has 0 aliphatic carbocycles. The number of nitrogens with one attached hydrogen (secondary N) is 1. The highest BCUT2D eigenvalue weighted by atomic mass is 35.5. The molecular formula is C15H15ClN2O3S. The number of hydrogen-bond acceptors (Lipinski definition) is 4. The number of aromatic carboxylic acids is 1. The predicted octanol–water partition coefficient (Wildman–Crippen LogP) is 3.09. The highest BCUT2D eigenvalue weighted by Crippen LogP contribution is 2.26. The maximum Gasteiger partial charge on any atom is 0.355 e. The molecule has 2 aromatic rings. The van der Waals surface area contributed by atoms with E-state index in [1.165, 1.54) is 16.7 Å². The lowest BCUT2D eigenvalue weighted by molar-refractivity contribution is -0.125. The Morgan fingerprint density at radius 3 is 2.73 bits per heavy atom. The van der Waals surface area contributed by atoms with Gasteiger partial charge in [-0.25, -0.2) is 9.78 Å². The molecule has 0 aliphatic rings. The van der Waals surface area contributed by atoms with E-state index in [0.717, 1.165) is 5.56 Å². The van der Waals surface area contributed by atoms with Crippen LogP contribution in [0.2, 0.25) is 5.02 Å². The summed E-state index contributed by atoms with van der Waals surface area (Å²) in [5.74, 6) is -1.25. The standard InChI is InChI=1S/C15H15ClN2O3S/c1-15(2,9-4-3-5-10(16)6-9)14(21)17-7-12-18-11(8-22-12)13(19)20/h3-6,8H,7H2,1-2H3,(H,17,21)(H,19,20). The van der Waals surface area contributed by atoms with Gasteiger partial charge in [0.15, 0.2) is 5.69 Å². The van der Waals surface area contributed by atoms with Crippen LogP contribution in [0, 0.1) is 0 Å². The first kappa shape index (κ1) is 16.5. The summed E-state index contributed by atoms with van der Waals surface area (Å²) in [5.41, 5.74) is 0.0452. The van der Waals surface area contributed by atoms with Crippen molar-refractivity contribution in [2.24, 2.45) is 0 Å². The van der Waals surface area contributed by atoms with Crippen LogP contribution in [0.4, 0.5) is 0 Å². The Morgan fingerprint density at radius 1 is 1.41 bits per heavy atom. The minimum Gasteiger partial charge on any atom is -0.476 e. The van der Waals surface area contributed by atoms with E-state index in [1.807, 2.05) is 6.07 Å². The van der Waals surface area contributed by atoms with Crippen molar-refractivity contribution in [2.75, 3.05) is 0 Å². The van der Waals surface area contributed by atoms with Crippen LogP contribution in [0.25, 0.3) is 0 Å². The van der Waals surface area contributed by atoms with Gasteiger partial charge in [0.1, 0.15) is 5.01 Å². The summed E-state index contributed by atoms with van der Waals surface area (Å²) in [5, 5.41) is 14.2.